The fraction of sp³-hybridized carbons (Fsp3) is 0. The number of benzene rings is 1. The number of aromatic amines is 1. The summed E-state index contributed by atoms with van der Waals surface area (Å²) in [5.74, 6) is 0.213. The van der Waals surface area contributed by atoms with E-state index in [2.05, 4.69) is 15.0 Å². The number of ketones is 1. The zero-order chi connectivity index (χ0) is 11.7. The lowest BCUT2D eigenvalue weighted by Crippen LogP contribution is -2.07. The van der Waals surface area contributed by atoms with E-state index in [0.29, 0.717) is 11.4 Å². The van der Waals surface area contributed by atoms with Crippen molar-refractivity contribution in [1.82, 2.24) is 15.0 Å². The molecule has 1 N–H and O–H groups in total. The summed E-state index contributed by atoms with van der Waals surface area (Å²) in [6.07, 6.45) is 3.28. The molecule has 0 aromatic heterocycles. The largest absolute Gasteiger partial charge is 0.335 e. The van der Waals surface area contributed by atoms with Gasteiger partial charge in [0, 0.05) is 11.8 Å². The van der Waals surface area contributed by atoms with Gasteiger partial charge in [-0.2, -0.15) is 0 Å². The Balaban J connectivity index is 2.05. The summed E-state index contributed by atoms with van der Waals surface area (Å²) in [5.41, 5.74) is 2.20. The predicted molar refractivity (Wildman–Crippen MR) is 62.9 cm³/mol. The average molecular weight is 223 g/mol. The second-order valence-corrected chi connectivity index (χ2v) is 3.67. The summed E-state index contributed by atoms with van der Waals surface area (Å²) >= 11 is 0. The Hall–Kier alpha value is -2.49. The number of hydrogen-bond acceptors (Lipinski definition) is 3. The van der Waals surface area contributed by atoms with Gasteiger partial charge in [0.05, 0.1) is 11.9 Å². The van der Waals surface area contributed by atoms with Crippen LogP contribution in [0.2, 0.25) is 0 Å². The zero-order valence-electron chi connectivity index (χ0n) is 8.92. The maximum atomic E-state index is 12.1. The highest BCUT2D eigenvalue weighted by molar-refractivity contribution is 6.06. The van der Waals surface area contributed by atoms with Gasteiger partial charge in [-0.1, -0.05) is 30.3 Å². The first kappa shape index (κ1) is 9.72. The van der Waals surface area contributed by atoms with Gasteiger partial charge in [0.2, 0.25) is 5.78 Å². The molecule has 0 bridgehead atoms. The van der Waals surface area contributed by atoms with Crippen molar-refractivity contribution in [2.75, 3.05) is 0 Å². The molecule has 0 saturated carbocycles. The minimum absolute atomic E-state index is 0.117. The highest BCUT2D eigenvalue weighted by Gasteiger charge is 2.13. The van der Waals surface area contributed by atoms with Gasteiger partial charge in [-0.15, -0.1) is 0 Å². The summed E-state index contributed by atoms with van der Waals surface area (Å²) in [7, 11) is 0. The molecule has 2 aliphatic heterocycles. The standard InChI is InChI=1S/C13H9N3O/c17-12(9-4-2-1-3-5-9)13-15-8-11-10(16-13)6-7-14-11/h1-8H,(H,15,16). The van der Waals surface area contributed by atoms with Crippen LogP contribution in [0.5, 0.6) is 0 Å². The molecule has 82 valence electrons. The third kappa shape index (κ3) is 1.69. The third-order valence-corrected chi connectivity index (χ3v) is 2.55. The Bertz CT molecular complexity index is 630. The van der Waals surface area contributed by atoms with Crippen molar-refractivity contribution in [2.24, 2.45) is 0 Å². The van der Waals surface area contributed by atoms with Gasteiger partial charge in [0.25, 0.3) is 0 Å². The van der Waals surface area contributed by atoms with E-state index in [4.69, 9.17) is 0 Å². The second-order valence-electron chi connectivity index (χ2n) is 3.67. The number of H-pyrrole nitrogens is 1. The normalized spacial score (nSPS) is 10.6. The molecule has 0 fully saturated rings. The minimum Gasteiger partial charge on any atom is -0.335 e. The van der Waals surface area contributed by atoms with Gasteiger partial charge < -0.3 is 4.98 Å². The van der Waals surface area contributed by atoms with Gasteiger partial charge in [0.15, 0.2) is 5.82 Å². The lowest BCUT2D eigenvalue weighted by Gasteiger charge is -2.03. The Morgan fingerprint density at radius 1 is 1.06 bits per heavy atom. The van der Waals surface area contributed by atoms with Crippen molar-refractivity contribution in [2.45, 2.75) is 0 Å². The lowest BCUT2D eigenvalue weighted by molar-refractivity contribution is 0.102. The second kappa shape index (κ2) is 3.83. The first-order valence-electron chi connectivity index (χ1n) is 5.24. The van der Waals surface area contributed by atoms with Crippen LogP contribution in [0.1, 0.15) is 16.2 Å². The topological polar surface area (TPSA) is 58.6 Å². The van der Waals surface area contributed by atoms with Crippen LogP contribution in [0.3, 0.4) is 0 Å². The van der Waals surface area contributed by atoms with Crippen LogP contribution >= 0.6 is 0 Å². The van der Waals surface area contributed by atoms with Gasteiger partial charge in [-0.25, -0.2) is 4.98 Å². The Labute approximate surface area is 97.7 Å². The van der Waals surface area contributed by atoms with Crippen molar-refractivity contribution >= 4 is 5.78 Å². The minimum atomic E-state index is -0.117. The van der Waals surface area contributed by atoms with E-state index in [1.54, 1.807) is 24.5 Å². The summed E-state index contributed by atoms with van der Waals surface area (Å²) in [6.45, 7) is 0. The zero-order valence-corrected chi connectivity index (χ0v) is 8.92. The summed E-state index contributed by atoms with van der Waals surface area (Å²) in [4.78, 5) is 23.3. The van der Waals surface area contributed by atoms with Crippen molar-refractivity contribution in [3.8, 4) is 11.4 Å². The quantitative estimate of drug-likeness (QED) is 0.677. The molecule has 3 rings (SSSR count). The molecule has 0 radical (unpaired) electrons. The number of nitrogens with one attached hydrogen (secondary N) is 1. The van der Waals surface area contributed by atoms with Crippen molar-refractivity contribution in [3.63, 3.8) is 0 Å². The molecular formula is C13H9N3O. The van der Waals surface area contributed by atoms with Crippen LogP contribution in [0.4, 0.5) is 0 Å². The fourth-order valence-electron chi connectivity index (χ4n) is 1.68. The molecule has 0 aliphatic carbocycles. The molecule has 1 aromatic carbocycles. The maximum absolute atomic E-state index is 12.1. The molecule has 0 atom stereocenters. The summed E-state index contributed by atoms with van der Waals surface area (Å²) < 4.78 is 0. The third-order valence-electron chi connectivity index (χ3n) is 2.55. The van der Waals surface area contributed by atoms with E-state index in [1.807, 2.05) is 24.3 Å². The first-order valence-corrected chi connectivity index (χ1v) is 5.24. The first-order chi connectivity index (χ1) is 8.34. The van der Waals surface area contributed by atoms with E-state index < -0.39 is 0 Å². The molecule has 0 spiro atoms. The van der Waals surface area contributed by atoms with E-state index >= 15 is 0 Å². The van der Waals surface area contributed by atoms with Gasteiger partial charge in [-0.3, -0.25) is 9.78 Å². The van der Waals surface area contributed by atoms with Gasteiger partial charge >= 0.3 is 0 Å². The van der Waals surface area contributed by atoms with Gasteiger partial charge in [0.1, 0.15) is 5.69 Å². The molecule has 17 heavy (non-hydrogen) atoms. The van der Waals surface area contributed by atoms with E-state index in [1.165, 1.54) is 0 Å². The molecular weight excluding hydrogens is 214 g/mol. The Kier molecular flexibility index (Phi) is 2.19. The molecule has 4 heteroatoms. The number of rotatable bonds is 2. The smallest absolute Gasteiger partial charge is 0.228 e. The van der Waals surface area contributed by atoms with E-state index in [9.17, 15) is 4.79 Å². The highest BCUT2D eigenvalue weighted by Crippen LogP contribution is 2.16. The Morgan fingerprint density at radius 2 is 1.88 bits per heavy atom. The van der Waals surface area contributed by atoms with E-state index in [-0.39, 0.29) is 5.78 Å². The Morgan fingerprint density at radius 3 is 2.71 bits per heavy atom. The number of aromatic nitrogens is 3. The number of carbonyl (C=O) groups excluding carboxylic acids is 1. The van der Waals surface area contributed by atoms with Crippen LogP contribution < -0.4 is 0 Å². The molecule has 2 heterocycles. The molecule has 0 amide bonds. The van der Waals surface area contributed by atoms with Crippen LogP contribution in [0, 0.1) is 0 Å². The number of nitrogens with zero attached hydrogens (tertiary/aromatic N) is 2. The maximum Gasteiger partial charge on any atom is 0.228 e. The average Bonchev–Trinajstić information content (AvgIpc) is 2.86. The van der Waals surface area contributed by atoms with Crippen molar-refractivity contribution < 1.29 is 4.79 Å². The van der Waals surface area contributed by atoms with Crippen LogP contribution in [-0.4, -0.2) is 20.7 Å². The summed E-state index contributed by atoms with van der Waals surface area (Å²) in [5, 5.41) is 0. The van der Waals surface area contributed by atoms with Crippen LogP contribution in [-0.2, 0) is 0 Å². The van der Waals surface area contributed by atoms with Crippen LogP contribution in [0.15, 0.2) is 48.8 Å². The van der Waals surface area contributed by atoms with Crippen LogP contribution in [0.25, 0.3) is 11.4 Å². The molecule has 0 saturated heterocycles. The fourth-order valence-corrected chi connectivity index (χ4v) is 1.68. The van der Waals surface area contributed by atoms with E-state index in [0.717, 1.165) is 11.4 Å². The number of carbonyl (C=O) groups is 1. The monoisotopic (exact) mass is 223 g/mol. The lowest BCUT2D eigenvalue weighted by atomic mass is 10.1. The van der Waals surface area contributed by atoms with Crippen molar-refractivity contribution in [3.05, 3.63) is 60.2 Å². The molecule has 4 nitrogen and oxygen atoms in total. The molecule has 1 aromatic rings. The number of hydrogen-bond donors (Lipinski definition) is 1. The molecule has 0 unspecified atom stereocenters. The predicted octanol–water partition coefficient (Wildman–Crippen LogP) is 2.14. The number of fused-ring (bicyclic) bond motifs is 1. The summed E-state index contributed by atoms with van der Waals surface area (Å²) in [6, 6.07) is 10.9. The SMILES string of the molecule is O=C(c1ccccc1)c1ncc2nccc-2[nH]1. The molecule has 2 aliphatic rings. The van der Waals surface area contributed by atoms with Gasteiger partial charge in [-0.05, 0) is 6.07 Å². The highest BCUT2D eigenvalue weighted by atomic mass is 16.1. The van der Waals surface area contributed by atoms with Crippen molar-refractivity contribution in [1.29, 1.82) is 0 Å².